The molecule has 0 saturated heterocycles. The second-order valence-corrected chi connectivity index (χ2v) is 3.57. The number of amides is 1. The fourth-order valence-corrected chi connectivity index (χ4v) is 1.22. The summed E-state index contributed by atoms with van der Waals surface area (Å²) in [6.45, 7) is 2.40. The number of rotatable bonds is 5. The van der Waals surface area contributed by atoms with Crippen LogP contribution in [0.2, 0.25) is 0 Å². The minimum Gasteiger partial charge on any atom is -0.393 e. The summed E-state index contributed by atoms with van der Waals surface area (Å²) in [6, 6.07) is 3.47. The molecular formula is C11H17N3O2. The predicted molar refractivity (Wildman–Crippen MR) is 62.4 cm³/mol. The van der Waals surface area contributed by atoms with Crippen LogP contribution < -0.4 is 10.6 Å². The van der Waals surface area contributed by atoms with E-state index in [4.69, 9.17) is 5.11 Å². The molecule has 1 heterocycles. The maximum Gasteiger partial charge on any atom is 0.269 e. The fraction of sp³-hybridized carbons (Fsp3) is 0.455. The number of hydrogen-bond donors (Lipinski definition) is 3. The van der Waals surface area contributed by atoms with Gasteiger partial charge in [0, 0.05) is 25.5 Å². The average Bonchev–Trinajstić information content (AvgIpc) is 2.28. The molecule has 0 bridgehead atoms. The summed E-state index contributed by atoms with van der Waals surface area (Å²) in [6.07, 6.45) is 1.92. The van der Waals surface area contributed by atoms with E-state index in [9.17, 15) is 4.79 Å². The number of nitrogens with zero attached hydrogens (tertiary/aromatic N) is 1. The molecule has 88 valence electrons. The minimum absolute atomic E-state index is 0.209. The van der Waals surface area contributed by atoms with Gasteiger partial charge in [-0.2, -0.15) is 0 Å². The van der Waals surface area contributed by atoms with Gasteiger partial charge in [0.25, 0.3) is 5.91 Å². The zero-order valence-corrected chi connectivity index (χ0v) is 9.53. The summed E-state index contributed by atoms with van der Waals surface area (Å²) in [5, 5.41) is 14.7. The van der Waals surface area contributed by atoms with Gasteiger partial charge in [-0.05, 0) is 25.5 Å². The van der Waals surface area contributed by atoms with E-state index in [0.29, 0.717) is 18.7 Å². The number of aliphatic hydroxyl groups excluding tert-OH is 1. The van der Waals surface area contributed by atoms with E-state index in [1.807, 2.05) is 0 Å². The molecule has 0 aliphatic rings. The van der Waals surface area contributed by atoms with Gasteiger partial charge in [-0.1, -0.05) is 0 Å². The summed E-state index contributed by atoms with van der Waals surface area (Å²) in [7, 11) is 1.57. The number of aromatic nitrogens is 1. The second kappa shape index (κ2) is 6.07. The number of carbonyl (C=O) groups excluding carboxylic acids is 1. The van der Waals surface area contributed by atoms with Gasteiger partial charge in [-0.3, -0.25) is 9.78 Å². The minimum atomic E-state index is -0.326. The van der Waals surface area contributed by atoms with Crippen LogP contribution in [0.3, 0.4) is 0 Å². The maximum absolute atomic E-state index is 11.3. The van der Waals surface area contributed by atoms with Crippen molar-refractivity contribution in [3.8, 4) is 0 Å². The highest BCUT2D eigenvalue weighted by Gasteiger charge is 2.05. The molecule has 0 fully saturated rings. The lowest BCUT2D eigenvalue weighted by Crippen LogP contribution is -2.19. The Hall–Kier alpha value is -1.62. The second-order valence-electron chi connectivity index (χ2n) is 3.57. The van der Waals surface area contributed by atoms with Crippen molar-refractivity contribution in [1.29, 1.82) is 0 Å². The first-order chi connectivity index (χ1) is 7.63. The van der Waals surface area contributed by atoms with E-state index >= 15 is 0 Å². The van der Waals surface area contributed by atoms with E-state index in [-0.39, 0.29) is 12.0 Å². The zero-order valence-electron chi connectivity index (χ0n) is 9.53. The molecule has 1 aromatic rings. The van der Waals surface area contributed by atoms with E-state index in [0.717, 1.165) is 5.69 Å². The Morgan fingerprint density at radius 1 is 1.62 bits per heavy atom. The monoisotopic (exact) mass is 223 g/mol. The van der Waals surface area contributed by atoms with Crippen LogP contribution in [0.4, 0.5) is 5.69 Å². The normalized spacial score (nSPS) is 11.9. The first-order valence-corrected chi connectivity index (χ1v) is 5.23. The van der Waals surface area contributed by atoms with Crippen LogP contribution in [0.5, 0.6) is 0 Å². The quantitative estimate of drug-likeness (QED) is 0.684. The third-order valence-electron chi connectivity index (χ3n) is 2.11. The Labute approximate surface area is 94.9 Å². The molecule has 16 heavy (non-hydrogen) atoms. The fourth-order valence-electron chi connectivity index (χ4n) is 1.22. The van der Waals surface area contributed by atoms with Crippen LogP contribution in [-0.4, -0.2) is 35.7 Å². The van der Waals surface area contributed by atoms with Gasteiger partial charge in [-0.25, -0.2) is 0 Å². The number of pyridine rings is 1. The molecule has 1 amide bonds. The lowest BCUT2D eigenvalue weighted by Gasteiger charge is -2.08. The third-order valence-corrected chi connectivity index (χ3v) is 2.11. The van der Waals surface area contributed by atoms with Gasteiger partial charge in [-0.15, -0.1) is 0 Å². The van der Waals surface area contributed by atoms with Crippen molar-refractivity contribution < 1.29 is 9.90 Å². The number of anilines is 1. The standard InChI is InChI=1S/C11H17N3O2/c1-8(15)3-5-13-9-4-6-14-10(7-9)11(16)12-2/h4,6-8,15H,3,5H2,1-2H3,(H,12,16)(H,13,14). The Kier molecular flexibility index (Phi) is 4.72. The maximum atomic E-state index is 11.3. The third kappa shape index (κ3) is 3.86. The zero-order chi connectivity index (χ0) is 12.0. The Balaban J connectivity index is 2.57. The lowest BCUT2D eigenvalue weighted by molar-refractivity contribution is 0.0958. The number of aliphatic hydroxyl groups is 1. The van der Waals surface area contributed by atoms with Gasteiger partial charge in [0.05, 0.1) is 6.10 Å². The van der Waals surface area contributed by atoms with E-state index in [1.54, 1.807) is 32.3 Å². The van der Waals surface area contributed by atoms with Gasteiger partial charge in [0.15, 0.2) is 0 Å². The highest BCUT2D eigenvalue weighted by Crippen LogP contribution is 2.08. The van der Waals surface area contributed by atoms with Crippen LogP contribution in [0.15, 0.2) is 18.3 Å². The molecule has 0 spiro atoms. The van der Waals surface area contributed by atoms with Crippen molar-refractivity contribution in [2.24, 2.45) is 0 Å². The summed E-state index contributed by atoms with van der Waals surface area (Å²) in [5.74, 6) is -0.209. The summed E-state index contributed by atoms with van der Waals surface area (Å²) < 4.78 is 0. The molecular weight excluding hydrogens is 206 g/mol. The van der Waals surface area contributed by atoms with Crippen LogP contribution in [0.25, 0.3) is 0 Å². The molecule has 0 saturated carbocycles. The van der Waals surface area contributed by atoms with Crippen molar-refractivity contribution in [2.45, 2.75) is 19.4 Å². The Bertz CT molecular complexity index is 353. The molecule has 1 aromatic heterocycles. The summed E-state index contributed by atoms with van der Waals surface area (Å²) >= 11 is 0. The van der Waals surface area contributed by atoms with Crippen molar-refractivity contribution in [3.05, 3.63) is 24.0 Å². The highest BCUT2D eigenvalue weighted by atomic mass is 16.3. The van der Waals surface area contributed by atoms with Gasteiger partial charge in [0.2, 0.25) is 0 Å². The molecule has 3 N–H and O–H groups in total. The van der Waals surface area contributed by atoms with Crippen molar-refractivity contribution in [3.63, 3.8) is 0 Å². The van der Waals surface area contributed by atoms with Crippen LogP contribution >= 0.6 is 0 Å². The largest absolute Gasteiger partial charge is 0.393 e. The van der Waals surface area contributed by atoms with E-state index in [2.05, 4.69) is 15.6 Å². The molecule has 1 atom stereocenters. The number of carbonyl (C=O) groups is 1. The topological polar surface area (TPSA) is 74.2 Å². The summed E-state index contributed by atoms with van der Waals surface area (Å²) in [4.78, 5) is 15.3. The first kappa shape index (κ1) is 12.4. The molecule has 0 aromatic carbocycles. The van der Waals surface area contributed by atoms with Gasteiger partial charge < -0.3 is 15.7 Å². The SMILES string of the molecule is CNC(=O)c1cc(NCCC(C)O)ccn1. The van der Waals surface area contributed by atoms with Gasteiger partial charge in [0.1, 0.15) is 5.69 Å². The highest BCUT2D eigenvalue weighted by molar-refractivity contribution is 5.92. The number of nitrogens with one attached hydrogen (secondary N) is 2. The predicted octanol–water partition coefficient (Wildman–Crippen LogP) is 0.624. The van der Waals surface area contributed by atoms with Crippen molar-refractivity contribution in [1.82, 2.24) is 10.3 Å². The van der Waals surface area contributed by atoms with Crippen LogP contribution in [-0.2, 0) is 0 Å². The smallest absolute Gasteiger partial charge is 0.269 e. The first-order valence-electron chi connectivity index (χ1n) is 5.23. The van der Waals surface area contributed by atoms with Gasteiger partial charge >= 0.3 is 0 Å². The molecule has 5 heteroatoms. The van der Waals surface area contributed by atoms with E-state index < -0.39 is 0 Å². The molecule has 0 aliphatic heterocycles. The van der Waals surface area contributed by atoms with Crippen LogP contribution in [0.1, 0.15) is 23.8 Å². The Morgan fingerprint density at radius 3 is 3.00 bits per heavy atom. The lowest BCUT2D eigenvalue weighted by atomic mass is 10.2. The molecule has 5 nitrogen and oxygen atoms in total. The van der Waals surface area contributed by atoms with Crippen molar-refractivity contribution >= 4 is 11.6 Å². The van der Waals surface area contributed by atoms with Crippen molar-refractivity contribution in [2.75, 3.05) is 18.9 Å². The number of hydrogen-bond acceptors (Lipinski definition) is 4. The molecule has 0 radical (unpaired) electrons. The van der Waals surface area contributed by atoms with E-state index in [1.165, 1.54) is 0 Å². The molecule has 0 aliphatic carbocycles. The van der Waals surface area contributed by atoms with Crippen LogP contribution in [0, 0.1) is 0 Å². The Morgan fingerprint density at radius 2 is 2.38 bits per heavy atom. The molecule has 1 rings (SSSR count). The average molecular weight is 223 g/mol. The molecule has 1 unspecified atom stereocenters. The summed E-state index contributed by atoms with van der Waals surface area (Å²) in [5.41, 5.74) is 1.21.